The van der Waals surface area contributed by atoms with Crippen LogP contribution in [0.3, 0.4) is 0 Å². The van der Waals surface area contributed by atoms with Gasteiger partial charge in [-0.3, -0.25) is 9.59 Å². The first-order valence-electron chi connectivity index (χ1n) is 10.9. The first kappa shape index (κ1) is 22.8. The molecule has 2 heterocycles. The summed E-state index contributed by atoms with van der Waals surface area (Å²) < 4.78 is 5.61. The standard InChI is InChI=1S/C26H25ClN2O4/c1-33-26(31)14-17-9-11-21-18-5-4-6-19(15-18)22(24-12-10-20(27)16-29(24)32)7-2-3-8-25(30)28-23(21)13-17/h4-6,9-13,15-16,22H,2-3,7-8,14H2,1H3,(H,28,30). The van der Waals surface area contributed by atoms with E-state index >= 15 is 0 Å². The number of methoxy groups -OCH3 is 1. The van der Waals surface area contributed by atoms with E-state index in [9.17, 15) is 14.8 Å². The molecule has 2 bridgehead atoms. The zero-order valence-electron chi connectivity index (χ0n) is 18.3. The maximum Gasteiger partial charge on any atom is 0.309 e. The number of nitrogens with one attached hydrogen (secondary N) is 1. The van der Waals surface area contributed by atoms with Gasteiger partial charge >= 0.3 is 5.97 Å². The van der Waals surface area contributed by atoms with Crippen molar-refractivity contribution >= 4 is 29.2 Å². The van der Waals surface area contributed by atoms with Gasteiger partial charge in [0.25, 0.3) is 0 Å². The Balaban J connectivity index is 1.80. The third kappa shape index (κ3) is 5.34. The monoisotopic (exact) mass is 464 g/mol. The van der Waals surface area contributed by atoms with Crippen LogP contribution in [0.4, 0.5) is 5.69 Å². The minimum absolute atomic E-state index is 0.0786. The SMILES string of the molecule is COC(=O)Cc1ccc2c(c1)NC(=O)CCCCC(c1ccc(Cl)c[n+]1[O-])c1cccc-2c1. The molecule has 6 nitrogen and oxygen atoms in total. The van der Waals surface area contributed by atoms with E-state index in [0.29, 0.717) is 29.2 Å². The third-order valence-electron chi connectivity index (χ3n) is 5.95. The molecule has 0 radical (unpaired) electrons. The molecule has 0 aliphatic carbocycles. The molecule has 0 saturated heterocycles. The molecule has 170 valence electrons. The average Bonchev–Trinajstić information content (AvgIpc) is 2.79. The highest BCUT2D eigenvalue weighted by Crippen LogP contribution is 2.35. The molecule has 1 atom stereocenters. The molecule has 1 aromatic heterocycles. The van der Waals surface area contributed by atoms with Gasteiger partial charge in [0.15, 0.2) is 11.9 Å². The van der Waals surface area contributed by atoms with Gasteiger partial charge in [0.05, 0.1) is 19.4 Å². The summed E-state index contributed by atoms with van der Waals surface area (Å²) in [6, 6.07) is 17.1. The lowest BCUT2D eigenvalue weighted by atomic mass is 9.87. The molecule has 2 aromatic carbocycles. The maximum absolute atomic E-state index is 12.6. The highest BCUT2D eigenvalue weighted by Gasteiger charge is 2.24. The fraction of sp³-hybridized carbons (Fsp3) is 0.269. The molecule has 33 heavy (non-hydrogen) atoms. The van der Waals surface area contributed by atoms with Crippen LogP contribution in [0.1, 0.15) is 48.4 Å². The Kier molecular flexibility index (Phi) is 6.94. The van der Waals surface area contributed by atoms with Gasteiger partial charge in [-0.1, -0.05) is 54.4 Å². The van der Waals surface area contributed by atoms with E-state index in [4.69, 9.17) is 16.3 Å². The number of benzene rings is 2. The fourth-order valence-corrected chi connectivity index (χ4v) is 4.44. The number of esters is 1. The van der Waals surface area contributed by atoms with Crippen molar-refractivity contribution in [3.05, 3.63) is 87.8 Å². The van der Waals surface area contributed by atoms with E-state index in [0.717, 1.165) is 39.8 Å². The summed E-state index contributed by atoms with van der Waals surface area (Å²) in [5, 5.41) is 16.1. The number of rotatable bonds is 3. The highest BCUT2D eigenvalue weighted by molar-refractivity contribution is 6.30. The van der Waals surface area contributed by atoms with Crippen molar-refractivity contribution in [2.75, 3.05) is 12.4 Å². The Morgan fingerprint density at radius 3 is 2.82 bits per heavy atom. The van der Waals surface area contributed by atoms with Gasteiger partial charge < -0.3 is 15.3 Å². The number of amides is 1. The zero-order chi connectivity index (χ0) is 23.4. The minimum atomic E-state index is -0.340. The second-order valence-corrected chi connectivity index (χ2v) is 8.64. The molecular formula is C26H25ClN2O4. The quantitative estimate of drug-likeness (QED) is 0.336. The van der Waals surface area contributed by atoms with Crippen LogP contribution >= 0.6 is 11.6 Å². The number of fused-ring (bicyclic) bond motifs is 4. The van der Waals surface area contributed by atoms with Crippen LogP contribution in [-0.2, 0) is 20.7 Å². The molecule has 0 fully saturated rings. The van der Waals surface area contributed by atoms with Crippen molar-refractivity contribution in [1.82, 2.24) is 0 Å². The summed E-state index contributed by atoms with van der Waals surface area (Å²) in [6.07, 6.45) is 4.11. The van der Waals surface area contributed by atoms with Crippen molar-refractivity contribution in [1.29, 1.82) is 0 Å². The molecular weight excluding hydrogens is 440 g/mol. The van der Waals surface area contributed by atoms with Crippen LogP contribution < -0.4 is 10.0 Å². The predicted octanol–water partition coefficient (Wildman–Crippen LogP) is 5.00. The Hall–Kier alpha value is -3.38. The Labute approximate surface area is 197 Å². The van der Waals surface area contributed by atoms with Crippen molar-refractivity contribution in [2.45, 2.75) is 38.0 Å². The summed E-state index contributed by atoms with van der Waals surface area (Å²) >= 11 is 6.00. The number of carbonyl (C=O) groups excluding carboxylic acids is 2. The maximum atomic E-state index is 12.6. The van der Waals surface area contributed by atoms with E-state index in [-0.39, 0.29) is 24.2 Å². The van der Waals surface area contributed by atoms with Crippen LogP contribution in [0, 0.1) is 5.21 Å². The topological polar surface area (TPSA) is 82.3 Å². The molecule has 4 rings (SSSR count). The number of pyridine rings is 1. The van der Waals surface area contributed by atoms with Gasteiger partial charge in [-0.25, -0.2) is 0 Å². The number of nitrogens with zero attached hydrogens (tertiary/aromatic N) is 1. The molecule has 3 aromatic rings. The highest BCUT2D eigenvalue weighted by atomic mass is 35.5. The van der Waals surface area contributed by atoms with Gasteiger partial charge in [0.1, 0.15) is 5.02 Å². The first-order valence-corrected chi connectivity index (χ1v) is 11.3. The number of carbonyl (C=O) groups is 2. The van der Waals surface area contributed by atoms with Crippen LogP contribution in [0.5, 0.6) is 0 Å². The lowest BCUT2D eigenvalue weighted by Crippen LogP contribution is -2.33. The van der Waals surface area contributed by atoms with E-state index in [2.05, 4.69) is 11.4 Å². The number of anilines is 1. The summed E-state index contributed by atoms with van der Waals surface area (Å²) in [6.45, 7) is 0. The van der Waals surface area contributed by atoms with Crippen molar-refractivity contribution in [3.8, 4) is 11.1 Å². The molecule has 1 amide bonds. The number of aromatic nitrogens is 1. The Morgan fingerprint density at radius 2 is 2.03 bits per heavy atom. The second kappa shape index (κ2) is 10.0. The summed E-state index contributed by atoms with van der Waals surface area (Å²) in [4.78, 5) is 24.4. The van der Waals surface area contributed by atoms with Gasteiger partial charge in [-0.05, 0) is 41.7 Å². The van der Waals surface area contributed by atoms with Crippen LogP contribution in [0.2, 0.25) is 5.02 Å². The van der Waals surface area contributed by atoms with Crippen molar-refractivity contribution < 1.29 is 19.1 Å². The minimum Gasteiger partial charge on any atom is -0.618 e. The Bertz CT molecular complexity index is 1190. The molecule has 7 heteroatoms. The van der Waals surface area contributed by atoms with Crippen molar-refractivity contribution in [2.24, 2.45) is 0 Å². The summed E-state index contributed by atoms with van der Waals surface area (Å²) in [5.74, 6) is -0.539. The van der Waals surface area contributed by atoms with Gasteiger partial charge in [-0.2, -0.15) is 4.73 Å². The molecule has 1 N–H and O–H groups in total. The van der Waals surface area contributed by atoms with E-state index in [1.807, 2.05) is 36.4 Å². The van der Waals surface area contributed by atoms with Crippen LogP contribution in [0.25, 0.3) is 11.1 Å². The lowest BCUT2D eigenvalue weighted by Gasteiger charge is -2.20. The second-order valence-electron chi connectivity index (χ2n) is 8.20. The zero-order valence-corrected chi connectivity index (χ0v) is 19.1. The molecule has 0 spiro atoms. The lowest BCUT2D eigenvalue weighted by molar-refractivity contribution is -0.615. The van der Waals surface area contributed by atoms with Crippen LogP contribution in [0.15, 0.2) is 60.8 Å². The fourth-order valence-electron chi connectivity index (χ4n) is 4.29. The summed E-state index contributed by atoms with van der Waals surface area (Å²) in [5.41, 5.74) is 4.84. The van der Waals surface area contributed by atoms with E-state index in [1.54, 1.807) is 12.1 Å². The molecule has 1 aliphatic rings. The van der Waals surface area contributed by atoms with E-state index in [1.165, 1.54) is 13.3 Å². The summed E-state index contributed by atoms with van der Waals surface area (Å²) in [7, 11) is 1.35. The third-order valence-corrected chi connectivity index (χ3v) is 6.17. The molecule has 1 unspecified atom stereocenters. The van der Waals surface area contributed by atoms with E-state index < -0.39 is 0 Å². The normalized spacial score (nSPS) is 16.1. The molecule has 1 aliphatic heterocycles. The predicted molar refractivity (Wildman–Crippen MR) is 127 cm³/mol. The largest absolute Gasteiger partial charge is 0.618 e. The number of hydrogen-bond donors (Lipinski definition) is 1. The number of halogens is 1. The van der Waals surface area contributed by atoms with Gasteiger partial charge in [0.2, 0.25) is 5.91 Å². The number of ether oxygens (including phenoxy) is 1. The van der Waals surface area contributed by atoms with Crippen molar-refractivity contribution in [3.63, 3.8) is 0 Å². The van der Waals surface area contributed by atoms with Crippen LogP contribution in [-0.4, -0.2) is 19.0 Å². The van der Waals surface area contributed by atoms with Gasteiger partial charge in [-0.15, -0.1) is 0 Å². The Morgan fingerprint density at radius 1 is 1.18 bits per heavy atom. The average molecular weight is 465 g/mol. The molecule has 0 saturated carbocycles. The smallest absolute Gasteiger partial charge is 0.309 e. The van der Waals surface area contributed by atoms with Gasteiger partial charge in [0, 0.05) is 23.7 Å². The number of hydrogen-bond acceptors (Lipinski definition) is 4. The first-order chi connectivity index (χ1) is 15.9.